The number of anilines is 1. The lowest BCUT2D eigenvalue weighted by Gasteiger charge is -2.24. The smallest absolute Gasteiger partial charge is 0.130 e. The summed E-state index contributed by atoms with van der Waals surface area (Å²) in [4.78, 5) is 2.11. The van der Waals surface area contributed by atoms with Crippen LogP contribution in [0.4, 0.5) is 10.1 Å². The van der Waals surface area contributed by atoms with Crippen molar-refractivity contribution < 1.29 is 4.39 Å². The Kier molecular flexibility index (Phi) is 4.27. The summed E-state index contributed by atoms with van der Waals surface area (Å²) in [5.41, 5.74) is 1.90. The molecule has 0 aliphatic carbocycles. The quantitative estimate of drug-likeness (QED) is 0.742. The van der Waals surface area contributed by atoms with Crippen molar-refractivity contribution in [3.05, 3.63) is 28.0 Å². The van der Waals surface area contributed by atoms with Gasteiger partial charge in [-0.25, -0.2) is 4.39 Å². The molecule has 0 atom stereocenters. The molecular weight excluding hydrogens is 365 g/mol. The zero-order chi connectivity index (χ0) is 13.3. The van der Waals surface area contributed by atoms with Crippen LogP contribution < -0.4 is 4.90 Å². The van der Waals surface area contributed by atoms with E-state index < -0.39 is 0 Å². The number of hydrogen-bond acceptors (Lipinski definition) is 3. The van der Waals surface area contributed by atoms with Gasteiger partial charge in [0, 0.05) is 23.3 Å². The molecule has 2 rings (SSSR count). The highest BCUT2D eigenvalue weighted by atomic mass is 79.9. The van der Waals surface area contributed by atoms with Crippen LogP contribution in [-0.2, 0) is 5.33 Å². The third kappa shape index (κ3) is 2.54. The van der Waals surface area contributed by atoms with E-state index in [1.807, 2.05) is 12.1 Å². The van der Waals surface area contributed by atoms with Crippen LogP contribution >= 0.6 is 31.9 Å². The van der Waals surface area contributed by atoms with Crippen molar-refractivity contribution >= 4 is 43.4 Å². The summed E-state index contributed by atoms with van der Waals surface area (Å²) in [6.45, 7) is 2.75. The van der Waals surface area contributed by atoms with Gasteiger partial charge in [0.2, 0.25) is 0 Å². The Bertz CT molecular complexity index is 490. The molecule has 1 heterocycles. The maximum atomic E-state index is 13.4. The summed E-state index contributed by atoms with van der Waals surface area (Å²) in [6.07, 6.45) is 0.843. The minimum Gasteiger partial charge on any atom is -0.307 e. The molecule has 0 N–H and O–H groups in total. The third-order valence-electron chi connectivity index (χ3n) is 2.78. The topological polar surface area (TPSA) is 18.8 Å². The molecule has 0 saturated heterocycles. The molecule has 6 heteroatoms. The molecule has 1 aliphatic heterocycles. The first-order valence-electron chi connectivity index (χ1n) is 5.66. The van der Waals surface area contributed by atoms with Gasteiger partial charge in [-0.3, -0.25) is 5.01 Å². The van der Waals surface area contributed by atoms with Crippen LogP contribution in [0, 0.1) is 5.82 Å². The Morgan fingerprint density at radius 2 is 2.17 bits per heavy atom. The van der Waals surface area contributed by atoms with E-state index in [0.29, 0.717) is 12.0 Å². The van der Waals surface area contributed by atoms with Gasteiger partial charge in [-0.2, -0.15) is 5.10 Å². The van der Waals surface area contributed by atoms with E-state index in [1.165, 1.54) is 6.07 Å². The van der Waals surface area contributed by atoms with Crippen LogP contribution in [0.1, 0.15) is 18.9 Å². The second kappa shape index (κ2) is 5.57. The van der Waals surface area contributed by atoms with Crippen molar-refractivity contribution in [3.63, 3.8) is 0 Å². The van der Waals surface area contributed by atoms with Crippen LogP contribution in [0.5, 0.6) is 0 Å². The average Bonchev–Trinajstić information content (AvgIpc) is 2.68. The fourth-order valence-electron chi connectivity index (χ4n) is 2.05. The number of hydrazone groups is 1. The summed E-state index contributed by atoms with van der Waals surface area (Å²) in [5.74, 6) is 0.759. The predicted molar refractivity (Wildman–Crippen MR) is 79.6 cm³/mol. The molecule has 0 spiro atoms. The Morgan fingerprint density at radius 1 is 1.44 bits per heavy atom. The van der Waals surface area contributed by atoms with Crippen molar-refractivity contribution in [1.82, 2.24) is 5.01 Å². The molecule has 1 aromatic rings. The van der Waals surface area contributed by atoms with E-state index >= 15 is 0 Å². The lowest BCUT2D eigenvalue weighted by atomic mass is 10.1. The van der Waals surface area contributed by atoms with Gasteiger partial charge in [0.05, 0.1) is 5.69 Å². The number of amidine groups is 1. The fourth-order valence-corrected chi connectivity index (χ4v) is 3.17. The number of benzene rings is 1. The van der Waals surface area contributed by atoms with Crippen molar-refractivity contribution in [2.45, 2.75) is 18.7 Å². The van der Waals surface area contributed by atoms with Crippen LogP contribution in [0.15, 0.2) is 21.7 Å². The summed E-state index contributed by atoms with van der Waals surface area (Å²) < 4.78 is 14.2. The summed E-state index contributed by atoms with van der Waals surface area (Å²) in [7, 11) is 1.93. The second-order valence-corrected chi connectivity index (χ2v) is 5.54. The second-order valence-electron chi connectivity index (χ2n) is 4.13. The van der Waals surface area contributed by atoms with E-state index in [-0.39, 0.29) is 5.82 Å². The molecule has 0 fully saturated rings. The maximum Gasteiger partial charge on any atom is 0.130 e. The van der Waals surface area contributed by atoms with E-state index in [1.54, 1.807) is 6.07 Å². The Labute approximate surface area is 123 Å². The lowest BCUT2D eigenvalue weighted by molar-refractivity contribution is 0.392. The summed E-state index contributed by atoms with van der Waals surface area (Å²) >= 11 is 6.86. The largest absolute Gasteiger partial charge is 0.307 e. The highest BCUT2D eigenvalue weighted by molar-refractivity contribution is 9.10. The van der Waals surface area contributed by atoms with Crippen molar-refractivity contribution in [1.29, 1.82) is 0 Å². The molecule has 98 valence electrons. The summed E-state index contributed by atoms with van der Waals surface area (Å²) in [5, 5.41) is 6.94. The van der Waals surface area contributed by atoms with Crippen molar-refractivity contribution in [2.75, 3.05) is 18.6 Å². The zero-order valence-electron chi connectivity index (χ0n) is 10.3. The first-order valence-corrected chi connectivity index (χ1v) is 7.58. The Hall–Kier alpha value is -0.620. The highest BCUT2D eigenvalue weighted by Gasteiger charge is 2.25. The van der Waals surface area contributed by atoms with Crippen LogP contribution in [0.3, 0.4) is 0 Å². The van der Waals surface area contributed by atoms with Gasteiger partial charge in [-0.1, -0.05) is 22.9 Å². The lowest BCUT2D eigenvalue weighted by Crippen LogP contribution is -2.30. The number of alkyl halides is 1. The highest BCUT2D eigenvalue weighted by Crippen LogP contribution is 2.35. The number of hydrogen-bond donors (Lipinski definition) is 0. The minimum absolute atomic E-state index is 0.234. The van der Waals surface area contributed by atoms with Crippen LogP contribution in [-0.4, -0.2) is 24.6 Å². The first kappa shape index (κ1) is 13.8. The standard InChI is InChI=1S/C12H14Br2FN3/c1-3-11-16-17(2)7-18(11)12-8(6-13)4-9(15)5-10(12)14/h4-5H,3,6-7H2,1-2H3. The molecule has 18 heavy (non-hydrogen) atoms. The van der Waals surface area contributed by atoms with Crippen molar-refractivity contribution in [3.8, 4) is 0 Å². The van der Waals surface area contributed by atoms with Gasteiger partial charge in [-0.15, -0.1) is 0 Å². The average molecular weight is 379 g/mol. The molecule has 0 unspecified atom stereocenters. The molecule has 0 amide bonds. The third-order valence-corrected chi connectivity index (χ3v) is 3.99. The van der Waals surface area contributed by atoms with Gasteiger partial charge in [-0.05, 0) is 33.6 Å². The molecule has 0 saturated carbocycles. The Balaban J connectivity index is 2.48. The predicted octanol–water partition coefficient (Wildman–Crippen LogP) is 3.92. The van der Waals surface area contributed by atoms with Gasteiger partial charge < -0.3 is 4.90 Å². The molecule has 0 radical (unpaired) electrons. The van der Waals surface area contributed by atoms with Gasteiger partial charge >= 0.3 is 0 Å². The van der Waals surface area contributed by atoms with Gasteiger partial charge in [0.25, 0.3) is 0 Å². The molecule has 0 bridgehead atoms. The molecule has 3 nitrogen and oxygen atoms in total. The number of halogens is 3. The van der Waals surface area contributed by atoms with E-state index in [0.717, 1.165) is 28.0 Å². The minimum atomic E-state index is -0.234. The molecular formula is C12H14Br2FN3. The normalized spacial score (nSPS) is 15.3. The maximum absolute atomic E-state index is 13.4. The number of nitrogens with zero attached hydrogens (tertiary/aromatic N) is 3. The fraction of sp³-hybridized carbons (Fsp3) is 0.417. The number of rotatable bonds is 3. The summed E-state index contributed by atoms with van der Waals surface area (Å²) in [6, 6.07) is 3.05. The monoisotopic (exact) mass is 377 g/mol. The zero-order valence-corrected chi connectivity index (χ0v) is 13.4. The SMILES string of the molecule is CCC1=NN(C)CN1c1c(Br)cc(F)cc1CBr. The first-order chi connectivity index (χ1) is 8.56. The van der Waals surface area contributed by atoms with Crippen molar-refractivity contribution in [2.24, 2.45) is 5.10 Å². The van der Waals surface area contributed by atoms with Gasteiger partial charge in [0.1, 0.15) is 18.3 Å². The van der Waals surface area contributed by atoms with E-state index in [4.69, 9.17) is 0 Å². The molecule has 0 aromatic heterocycles. The van der Waals surface area contributed by atoms with Gasteiger partial charge in [0.15, 0.2) is 0 Å². The molecule has 1 aliphatic rings. The Morgan fingerprint density at radius 3 is 2.78 bits per heavy atom. The van der Waals surface area contributed by atoms with Crippen LogP contribution in [0.25, 0.3) is 0 Å². The van der Waals surface area contributed by atoms with Crippen LogP contribution in [0.2, 0.25) is 0 Å². The molecule has 1 aromatic carbocycles. The van der Waals surface area contributed by atoms with E-state index in [2.05, 4.69) is 48.8 Å². The van der Waals surface area contributed by atoms with E-state index in [9.17, 15) is 4.39 Å².